The average Bonchev–Trinajstić information content (AvgIpc) is 2.94. The number of benzene rings is 1. The number of hydrogen-bond acceptors (Lipinski definition) is 4. The predicted octanol–water partition coefficient (Wildman–Crippen LogP) is 3.22. The van der Waals surface area contributed by atoms with Gasteiger partial charge in [0.2, 0.25) is 11.7 Å². The Bertz CT molecular complexity index is 519. The highest BCUT2D eigenvalue weighted by molar-refractivity contribution is 5.54. The summed E-state index contributed by atoms with van der Waals surface area (Å²) in [7, 11) is 0. The molecule has 0 aliphatic rings. The maximum Gasteiger partial charge on any atom is 0.226 e. The van der Waals surface area contributed by atoms with Crippen LogP contribution in [0.25, 0.3) is 11.4 Å². The lowest BCUT2D eigenvalue weighted by Crippen LogP contribution is -2.06. The quantitative estimate of drug-likeness (QED) is 0.841. The second kappa shape index (κ2) is 7.20. The van der Waals surface area contributed by atoms with Gasteiger partial charge in [0.1, 0.15) is 0 Å². The van der Waals surface area contributed by atoms with E-state index in [4.69, 9.17) is 10.3 Å². The fourth-order valence-corrected chi connectivity index (χ4v) is 2.16. The smallest absolute Gasteiger partial charge is 0.226 e. The van der Waals surface area contributed by atoms with Gasteiger partial charge in [-0.25, -0.2) is 0 Å². The minimum Gasteiger partial charge on any atom is -0.339 e. The largest absolute Gasteiger partial charge is 0.339 e. The van der Waals surface area contributed by atoms with Crippen molar-refractivity contribution < 1.29 is 4.52 Å². The topological polar surface area (TPSA) is 64.9 Å². The van der Waals surface area contributed by atoms with E-state index in [0.717, 1.165) is 37.8 Å². The summed E-state index contributed by atoms with van der Waals surface area (Å²) in [5.41, 5.74) is 7.87. The second-order valence-corrected chi connectivity index (χ2v) is 5.28. The Kier molecular flexibility index (Phi) is 5.30. The van der Waals surface area contributed by atoms with Crippen molar-refractivity contribution in [1.82, 2.24) is 10.1 Å². The summed E-state index contributed by atoms with van der Waals surface area (Å²) in [5, 5.41) is 4.06. The molecule has 0 aliphatic heterocycles. The molecule has 1 unspecified atom stereocenters. The molecule has 0 radical (unpaired) electrons. The molecule has 0 amide bonds. The van der Waals surface area contributed by atoms with E-state index in [1.165, 1.54) is 5.56 Å². The van der Waals surface area contributed by atoms with Gasteiger partial charge >= 0.3 is 0 Å². The summed E-state index contributed by atoms with van der Waals surface area (Å²) in [6, 6.07) is 8.30. The lowest BCUT2D eigenvalue weighted by atomic mass is 10.0. The van der Waals surface area contributed by atoms with Crippen LogP contribution in [-0.2, 0) is 12.8 Å². The van der Waals surface area contributed by atoms with Gasteiger partial charge in [-0.1, -0.05) is 43.3 Å². The molecule has 2 N–H and O–H groups in total. The fourth-order valence-electron chi connectivity index (χ4n) is 2.16. The number of aryl methyl sites for hydroxylation is 2. The van der Waals surface area contributed by atoms with E-state index >= 15 is 0 Å². The molecule has 0 fully saturated rings. The summed E-state index contributed by atoms with van der Waals surface area (Å²) < 4.78 is 5.31. The van der Waals surface area contributed by atoms with Gasteiger partial charge in [-0.15, -0.1) is 0 Å². The van der Waals surface area contributed by atoms with E-state index in [2.05, 4.69) is 36.1 Å². The van der Waals surface area contributed by atoms with Gasteiger partial charge in [0, 0.05) is 12.0 Å². The van der Waals surface area contributed by atoms with Crippen molar-refractivity contribution in [3.63, 3.8) is 0 Å². The first-order chi connectivity index (χ1) is 9.72. The molecular formula is C16H23N3O. The zero-order valence-corrected chi connectivity index (χ0v) is 12.3. The first-order valence-electron chi connectivity index (χ1n) is 7.35. The third-order valence-electron chi connectivity index (χ3n) is 3.60. The van der Waals surface area contributed by atoms with Gasteiger partial charge in [-0.2, -0.15) is 4.98 Å². The first-order valence-corrected chi connectivity index (χ1v) is 7.35. The van der Waals surface area contributed by atoms with Crippen LogP contribution < -0.4 is 5.73 Å². The Hall–Kier alpha value is -1.68. The maximum absolute atomic E-state index is 5.55. The van der Waals surface area contributed by atoms with Gasteiger partial charge in [0.25, 0.3) is 0 Å². The van der Waals surface area contributed by atoms with Crippen LogP contribution in [0.1, 0.15) is 38.1 Å². The molecule has 0 spiro atoms. The molecule has 0 saturated carbocycles. The number of rotatable bonds is 7. The van der Waals surface area contributed by atoms with Gasteiger partial charge in [-0.3, -0.25) is 0 Å². The van der Waals surface area contributed by atoms with Crippen molar-refractivity contribution >= 4 is 0 Å². The van der Waals surface area contributed by atoms with Crippen molar-refractivity contribution in [3.8, 4) is 11.4 Å². The molecule has 20 heavy (non-hydrogen) atoms. The molecule has 1 heterocycles. The van der Waals surface area contributed by atoms with Crippen molar-refractivity contribution in [3.05, 3.63) is 35.7 Å². The van der Waals surface area contributed by atoms with Crippen LogP contribution >= 0.6 is 0 Å². The van der Waals surface area contributed by atoms with E-state index in [0.29, 0.717) is 17.6 Å². The summed E-state index contributed by atoms with van der Waals surface area (Å²) in [5.74, 6) is 1.98. The van der Waals surface area contributed by atoms with Crippen LogP contribution in [0.2, 0.25) is 0 Å². The van der Waals surface area contributed by atoms with Crippen molar-refractivity contribution in [2.75, 3.05) is 6.54 Å². The number of aromatic nitrogens is 2. The van der Waals surface area contributed by atoms with Crippen LogP contribution in [0.4, 0.5) is 0 Å². The molecule has 4 heteroatoms. The Balaban J connectivity index is 1.97. The lowest BCUT2D eigenvalue weighted by molar-refractivity contribution is 0.362. The molecule has 0 aliphatic carbocycles. The van der Waals surface area contributed by atoms with E-state index in [-0.39, 0.29) is 0 Å². The molecule has 108 valence electrons. The highest BCUT2D eigenvalue weighted by Crippen LogP contribution is 2.18. The zero-order chi connectivity index (χ0) is 14.4. The normalized spacial score (nSPS) is 12.6. The Morgan fingerprint density at radius 3 is 2.60 bits per heavy atom. The van der Waals surface area contributed by atoms with E-state index < -0.39 is 0 Å². The summed E-state index contributed by atoms with van der Waals surface area (Å²) >= 11 is 0. The molecular weight excluding hydrogens is 250 g/mol. The third kappa shape index (κ3) is 3.90. The summed E-state index contributed by atoms with van der Waals surface area (Å²) in [6.07, 6.45) is 3.94. The molecule has 2 rings (SSSR count). The predicted molar refractivity (Wildman–Crippen MR) is 80.3 cm³/mol. The molecule has 1 atom stereocenters. The highest BCUT2D eigenvalue weighted by Gasteiger charge is 2.10. The fraction of sp³-hybridized carbons (Fsp3) is 0.500. The standard InChI is InChI=1S/C16H23N3O/c1-3-13-5-7-14(8-6-13)16-18-15(20-19-16)9-4-12(2)10-11-17/h5-8,12H,3-4,9-11,17H2,1-2H3. The summed E-state index contributed by atoms with van der Waals surface area (Å²) in [6.45, 7) is 5.08. The van der Waals surface area contributed by atoms with Crippen molar-refractivity contribution in [1.29, 1.82) is 0 Å². The van der Waals surface area contributed by atoms with Gasteiger partial charge < -0.3 is 10.3 Å². The average molecular weight is 273 g/mol. The number of nitrogens with zero attached hydrogens (tertiary/aromatic N) is 2. The number of nitrogens with two attached hydrogens (primary N) is 1. The van der Waals surface area contributed by atoms with E-state index in [1.54, 1.807) is 0 Å². The minimum atomic E-state index is 0.596. The molecule has 0 saturated heterocycles. The maximum atomic E-state index is 5.55. The third-order valence-corrected chi connectivity index (χ3v) is 3.60. The zero-order valence-electron chi connectivity index (χ0n) is 12.3. The Labute approximate surface area is 120 Å². The first kappa shape index (κ1) is 14.7. The number of hydrogen-bond donors (Lipinski definition) is 1. The van der Waals surface area contributed by atoms with Gasteiger partial charge in [0.05, 0.1) is 0 Å². The molecule has 0 bridgehead atoms. The molecule has 1 aromatic carbocycles. The molecule has 2 aromatic rings. The monoisotopic (exact) mass is 273 g/mol. The van der Waals surface area contributed by atoms with Gasteiger partial charge in [0.15, 0.2) is 0 Å². The SMILES string of the molecule is CCc1ccc(-c2noc(CCC(C)CCN)n2)cc1. The Morgan fingerprint density at radius 2 is 1.95 bits per heavy atom. The van der Waals surface area contributed by atoms with E-state index in [9.17, 15) is 0 Å². The van der Waals surface area contributed by atoms with Crippen LogP contribution in [0.3, 0.4) is 0 Å². The Morgan fingerprint density at radius 1 is 1.20 bits per heavy atom. The minimum absolute atomic E-state index is 0.596. The van der Waals surface area contributed by atoms with Crippen LogP contribution in [0, 0.1) is 5.92 Å². The van der Waals surface area contributed by atoms with Crippen molar-refractivity contribution in [2.24, 2.45) is 11.7 Å². The van der Waals surface area contributed by atoms with Crippen LogP contribution in [-0.4, -0.2) is 16.7 Å². The van der Waals surface area contributed by atoms with Crippen LogP contribution in [0.5, 0.6) is 0 Å². The van der Waals surface area contributed by atoms with E-state index in [1.807, 2.05) is 12.1 Å². The highest BCUT2D eigenvalue weighted by atomic mass is 16.5. The van der Waals surface area contributed by atoms with Crippen molar-refractivity contribution in [2.45, 2.75) is 39.5 Å². The molecule has 4 nitrogen and oxygen atoms in total. The lowest BCUT2D eigenvalue weighted by Gasteiger charge is -2.06. The second-order valence-electron chi connectivity index (χ2n) is 5.28. The summed E-state index contributed by atoms with van der Waals surface area (Å²) in [4.78, 5) is 4.46. The molecule has 1 aromatic heterocycles. The van der Waals surface area contributed by atoms with Gasteiger partial charge in [-0.05, 0) is 37.3 Å². The van der Waals surface area contributed by atoms with Crippen LogP contribution in [0.15, 0.2) is 28.8 Å².